The van der Waals surface area contributed by atoms with Crippen molar-refractivity contribution in [1.82, 2.24) is 28.7 Å². The van der Waals surface area contributed by atoms with Crippen molar-refractivity contribution in [3.05, 3.63) is 87.8 Å². The second-order valence-electron chi connectivity index (χ2n) is 10.3. The van der Waals surface area contributed by atoms with Gasteiger partial charge in [0.05, 0.1) is 12.7 Å². The lowest BCUT2D eigenvalue weighted by atomic mass is 10.1. The van der Waals surface area contributed by atoms with Crippen molar-refractivity contribution < 1.29 is 17.7 Å². The van der Waals surface area contributed by atoms with Crippen molar-refractivity contribution in [2.75, 3.05) is 26.2 Å². The molecule has 218 valence electrons. The zero-order valence-electron chi connectivity index (χ0n) is 23.9. The molecule has 0 unspecified atom stereocenters. The van der Waals surface area contributed by atoms with E-state index < -0.39 is 10.0 Å². The predicted molar refractivity (Wildman–Crippen MR) is 158 cm³/mol. The van der Waals surface area contributed by atoms with E-state index in [2.05, 4.69) is 48.2 Å². The summed E-state index contributed by atoms with van der Waals surface area (Å²) < 4.78 is 43.7. The van der Waals surface area contributed by atoms with Crippen LogP contribution in [-0.4, -0.2) is 63.3 Å². The molecule has 0 radical (unpaired) electrons. The van der Waals surface area contributed by atoms with Crippen LogP contribution < -0.4 is 4.74 Å². The van der Waals surface area contributed by atoms with Gasteiger partial charge in [-0.15, -0.1) is 0 Å². The van der Waals surface area contributed by atoms with Gasteiger partial charge in [-0.1, -0.05) is 54.5 Å². The van der Waals surface area contributed by atoms with Gasteiger partial charge in [-0.2, -0.15) is 9.40 Å². The first-order valence-corrected chi connectivity index (χ1v) is 15.6. The van der Waals surface area contributed by atoms with Gasteiger partial charge in [0.25, 0.3) is 0 Å². The van der Waals surface area contributed by atoms with Gasteiger partial charge in [0.15, 0.2) is 16.4 Å². The topological polar surface area (TPSA) is 98.6 Å². The maximum Gasteiger partial charge on any atom is 0.248 e. The summed E-state index contributed by atoms with van der Waals surface area (Å²) in [6.07, 6.45) is 0.971. The molecule has 0 bridgehead atoms. The molecule has 0 aliphatic carbocycles. The van der Waals surface area contributed by atoms with Gasteiger partial charge >= 0.3 is 0 Å². The number of hydrogen-bond acceptors (Lipinski definition) is 8. The zero-order chi connectivity index (χ0) is 29.1. The van der Waals surface area contributed by atoms with E-state index in [-0.39, 0.29) is 17.5 Å². The van der Waals surface area contributed by atoms with Crippen molar-refractivity contribution in [3.8, 4) is 5.75 Å². The smallest absolute Gasteiger partial charge is 0.248 e. The minimum Gasteiger partial charge on any atom is -0.486 e. The van der Waals surface area contributed by atoms with Crippen LogP contribution in [0.5, 0.6) is 5.75 Å². The SMILES string of the molecule is CCc1ccc(OCc2nn(CN3CCN(S(=O)(=O)c4c(C)noc4C)CC3)c(=S)n2[C@H](C)c2ccccc2)cc1. The fourth-order valence-corrected chi connectivity index (χ4v) is 7.24. The average molecular weight is 597 g/mol. The standard InChI is InChI=1S/C29H36N6O4S2/c1-5-24-11-13-26(14-12-24)38-19-27-30-34(29(40)35(27)22(3)25-9-7-6-8-10-25)20-32-15-17-33(18-16-32)41(36,37)28-21(2)31-39-23(28)4/h6-14,22H,5,15-20H2,1-4H3/t22-/m1/s1. The van der Waals surface area contributed by atoms with Crippen molar-refractivity contribution in [2.24, 2.45) is 0 Å². The molecule has 0 amide bonds. The largest absolute Gasteiger partial charge is 0.486 e. The minimum atomic E-state index is -3.68. The van der Waals surface area contributed by atoms with Crippen molar-refractivity contribution >= 4 is 22.2 Å². The van der Waals surface area contributed by atoms with E-state index >= 15 is 0 Å². The number of sulfonamides is 1. The van der Waals surface area contributed by atoms with Crippen LogP contribution in [0, 0.1) is 18.6 Å². The molecule has 1 fully saturated rings. The van der Waals surface area contributed by atoms with Gasteiger partial charge < -0.3 is 9.26 Å². The van der Waals surface area contributed by atoms with Gasteiger partial charge in [0.2, 0.25) is 10.0 Å². The third kappa shape index (κ3) is 6.15. The second kappa shape index (κ2) is 12.3. The molecule has 10 nitrogen and oxygen atoms in total. The third-order valence-corrected chi connectivity index (χ3v) is 10.1. The van der Waals surface area contributed by atoms with Crippen LogP contribution in [-0.2, 0) is 29.7 Å². The van der Waals surface area contributed by atoms with Crippen LogP contribution >= 0.6 is 12.2 Å². The highest BCUT2D eigenvalue weighted by atomic mass is 32.2. The second-order valence-corrected chi connectivity index (χ2v) is 12.5. The van der Waals surface area contributed by atoms with Crippen molar-refractivity contribution in [3.63, 3.8) is 0 Å². The fourth-order valence-electron chi connectivity index (χ4n) is 5.17. The highest BCUT2D eigenvalue weighted by Crippen LogP contribution is 2.25. The molecular formula is C29H36N6O4S2. The molecule has 1 saturated heterocycles. The van der Waals surface area contributed by atoms with Crippen LogP contribution in [0.15, 0.2) is 64.0 Å². The average Bonchev–Trinajstić information content (AvgIpc) is 3.49. The first-order valence-electron chi connectivity index (χ1n) is 13.8. The summed E-state index contributed by atoms with van der Waals surface area (Å²) >= 11 is 5.94. The molecule has 1 aliphatic rings. The summed E-state index contributed by atoms with van der Waals surface area (Å²) in [5.74, 6) is 1.81. The highest BCUT2D eigenvalue weighted by Gasteiger charge is 2.33. The summed E-state index contributed by atoms with van der Waals surface area (Å²) in [6.45, 7) is 10.0. The Balaban J connectivity index is 1.34. The van der Waals surface area contributed by atoms with Crippen LogP contribution in [0.25, 0.3) is 0 Å². The summed E-state index contributed by atoms with van der Waals surface area (Å²) in [7, 11) is -3.68. The Morgan fingerprint density at radius 3 is 2.32 bits per heavy atom. The number of hydrogen-bond donors (Lipinski definition) is 0. The molecule has 0 N–H and O–H groups in total. The van der Waals surface area contributed by atoms with Crippen molar-refractivity contribution in [1.29, 1.82) is 0 Å². The Bertz CT molecular complexity index is 1620. The Morgan fingerprint density at radius 2 is 1.71 bits per heavy atom. The van der Waals surface area contributed by atoms with E-state index in [1.807, 2.05) is 39.6 Å². The van der Waals surface area contributed by atoms with E-state index in [0.29, 0.717) is 49.1 Å². The first kappa shape index (κ1) is 29.2. The molecule has 0 saturated carbocycles. The van der Waals surface area contributed by atoms with E-state index in [0.717, 1.165) is 23.6 Å². The van der Waals surface area contributed by atoms with E-state index in [9.17, 15) is 8.42 Å². The molecule has 1 atom stereocenters. The number of piperazine rings is 1. The number of ether oxygens (including phenoxy) is 1. The zero-order valence-corrected chi connectivity index (χ0v) is 25.5. The number of aryl methyl sites for hydroxylation is 3. The van der Waals surface area contributed by atoms with Crippen LogP contribution in [0.2, 0.25) is 0 Å². The summed E-state index contributed by atoms with van der Waals surface area (Å²) in [4.78, 5) is 2.32. The fraction of sp³-hybridized carbons (Fsp3) is 0.414. The maximum atomic E-state index is 13.2. The summed E-state index contributed by atoms with van der Waals surface area (Å²) in [5.41, 5.74) is 2.75. The van der Waals surface area contributed by atoms with Gasteiger partial charge in [-0.25, -0.2) is 13.1 Å². The Morgan fingerprint density at radius 1 is 1.02 bits per heavy atom. The number of aromatic nitrogens is 4. The lowest BCUT2D eigenvalue weighted by Crippen LogP contribution is -2.49. The van der Waals surface area contributed by atoms with Gasteiger partial charge in [-0.3, -0.25) is 9.47 Å². The normalized spacial score (nSPS) is 15.7. The summed E-state index contributed by atoms with van der Waals surface area (Å²) in [6, 6.07) is 18.2. The van der Waals surface area contributed by atoms with Gasteiger partial charge in [0, 0.05) is 26.2 Å². The van der Waals surface area contributed by atoms with E-state index in [1.165, 1.54) is 9.87 Å². The Kier molecular flexibility index (Phi) is 8.74. The third-order valence-electron chi connectivity index (χ3n) is 7.54. The number of benzene rings is 2. The Labute approximate surface area is 246 Å². The van der Waals surface area contributed by atoms with Crippen LogP contribution in [0.1, 0.15) is 48.3 Å². The quantitative estimate of drug-likeness (QED) is 0.242. The first-order chi connectivity index (χ1) is 19.7. The molecule has 3 heterocycles. The summed E-state index contributed by atoms with van der Waals surface area (Å²) in [5, 5.41) is 8.71. The van der Waals surface area contributed by atoms with Gasteiger partial charge in [-0.05, 0) is 62.7 Å². The lowest BCUT2D eigenvalue weighted by molar-refractivity contribution is 0.144. The lowest BCUT2D eigenvalue weighted by Gasteiger charge is -2.33. The molecule has 1 aliphatic heterocycles. The maximum absolute atomic E-state index is 13.2. The van der Waals surface area contributed by atoms with Crippen molar-refractivity contribution in [2.45, 2.75) is 58.3 Å². The monoisotopic (exact) mass is 596 g/mol. The number of nitrogens with zero attached hydrogens (tertiary/aromatic N) is 6. The molecule has 0 spiro atoms. The molecule has 41 heavy (non-hydrogen) atoms. The number of rotatable bonds is 10. The van der Waals surface area contributed by atoms with E-state index in [4.69, 9.17) is 26.6 Å². The van der Waals surface area contributed by atoms with Crippen LogP contribution in [0.4, 0.5) is 0 Å². The molecule has 2 aromatic carbocycles. The molecule has 12 heteroatoms. The highest BCUT2D eigenvalue weighted by molar-refractivity contribution is 7.89. The van der Waals surface area contributed by atoms with Gasteiger partial charge in [0.1, 0.15) is 22.9 Å². The predicted octanol–water partition coefficient (Wildman–Crippen LogP) is 4.73. The van der Waals surface area contributed by atoms with Crippen LogP contribution in [0.3, 0.4) is 0 Å². The molecule has 4 aromatic rings. The Hall–Kier alpha value is -3.32. The molecular weight excluding hydrogens is 560 g/mol. The van der Waals surface area contributed by atoms with E-state index in [1.54, 1.807) is 13.8 Å². The minimum absolute atomic E-state index is 0.0458. The molecule has 2 aromatic heterocycles. The molecule has 5 rings (SSSR count).